The summed E-state index contributed by atoms with van der Waals surface area (Å²) in [6.07, 6.45) is 9.71. The number of aromatic hydroxyl groups is 1. The van der Waals surface area contributed by atoms with E-state index in [2.05, 4.69) is 46.8 Å². The Morgan fingerprint density at radius 2 is 1.62 bits per heavy atom. The molecule has 0 amide bonds. The first-order chi connectivity index (χ1) is 11.2. The monoisotopic (exact) mass is 326 g/mol. The zero-order chi connectivity index (χ0) is 17.3. The summed E-state index contributed by atoms with van der Waals surface area (Å²) in [7, 11) is 0. The molecule has 0 spiro atoms. The maximum atomic E-state index is 10.3. The Morgan fingerprint density at radius 1 is 0.958 bits per heavy atom. The Labute approximate surface area is 147 Å². The maximum Gasteiger partial charge on any atom is 0.121 e. The molecule has 4 atom stereocenters. The topological polar surface area (TPSA) is 20.2 Å². The standard InChI is InChI=1S/C23H34O/c1-15-11-17(12-16(2)20(15)24)23-9-6-8-22(5,14-23)10-7-18-19(23)13-21(18,3)4/h11-12,18-19,24H,6-10,13-14H2,1-5H3/t18-,19+,22+,23+/m1/s1. The van der Waals surface area contributed by atoms with E-state index >= 15 is 0 Å². The molecule has 24 heavy (non-hydrogen) atoms. The Hall–Kier alpha value is -0.980. The van der Waals surface area contributed by atoms with E-state index in [1.165, 1.54) is 50.5 Å². The maximum absolute atomic E-state index is 10.3. The summed E-state index contributed by atoms with van der Waals surface area (Å²) in [5, 5.41) is 10.3. The first-order valence-electron chi connectivity index (χ1n) is 9.98. The molecule has 3 aliphatic rings. The number of hydrogen-bond donors (Lipinski definition) is 1. The summed E-state index contributed by atoms with van der Waals surface area (Å²) >= 11 is 0. The van der Waals surface area contributed by atoms with Gasteiger partial charge in [-0.3, -0.25) is 0 Å². The van der Waals surface area contributed by atoms with E-state index in [1.807, 2.05) is 0 Å². The van der Waals surface area contributed by atoms with E-state index in [9.17, 15) is 5.11 Å². The molecule has 0 unspecified atom stereocenters. The molecule has 0 radical (unpaired) electrons. The van der Waals surface area contributed by atoms with E-state index in [0.717, 1.165) is 23.0 Å². The van der Waals surface area contributed by atoms with Crippen LogP contribution in [0.1, 0.15) is 82.4 Å². The second-order valence-electron chi connectivity index (χ2n) is 10.4. The van der Waals surface area contributed by atoms with Crippen molar-refractivity contribution in [2.75, 3.05) is 0 Å². The number of aryl methyl sites for hydroxylation is 2. The lowest BCUT2D eigenvalue weighted by molar-refractivity contribution is -0.0680. The molecule has 1 nitrogen and oxygen atoms in total. The molecule has 0 heterocycles. The molecule has 1 aromatic rings. The van der Waals surface area contributed by atoms with Crippen LogP contribution in [0.2, 0.25) is 0 Å². The molecular formula is C23H34O. The number of fused-ring (bicyclic) bond motifs is 4. The fourth-order valence-corrected chi connectivity index (χ4v) is 6.92. The number of rotatable bonds is 1. The number of benzene rings is 1. The van der Waals surface area contributed by atoms with Crippen LogP contribution in [0.5, 0.6) is 5.75 Å². The first-order valence-corrected chi connectivity index (χ1v) is 9.98. The molecular weight excluding hydrogens is 292 g/mol. The van der Waals surface area contributed by atoms with E-state index < -0.39 is 0 Å². The Morgan fingerprint density at radius 3 is 2.25 bits per heavy atom. The molecule has 1 heteroatoms. The molecule has 0 aromatic heterocycles. The average molecular weight is 327 g/mol. The fraction of sp³-hybridized carbons (Fsp3) is 0.739. The summed E-state index contributed by atoms with van der Waals surface area (Å²) in [6.45, 7) is 11.7. The van der Waals surface area contributed by atoms with Gasteiger partial charge in [-0.2, -0.15) is 0 Å². The summed E-state index contributed by atoms with van der Waals surface area (Å²) in [5.41, 5.74) is 5.05. The average Bonchev–Trinajstić information content (AvgIpc) is 2.56. The van der Waals surface area contributed by atoms with Gasteiger partial charge in [-0.05, 0) is 97.1 Å². The van der Waals surface area contributed by atoms with Crippen molar-refractivity contribution in [3.63, 3.8) is 0 Å². The number of hydrogen-bond acceptors (Lipinski definition) is 1. The van der Waals surface area contributed by atoms with Gasteiger partial charge in [0.2, 0.25) is 0 Å². The summed E-state index contributed by atoms with van der Waals surface area (Å²) < 4.78 is 0. The molecule has 0 aliphatic heterocycles. The third kappa shape index (κ3) is 2.19. The molecule has 132 valence electrons. The lowest BCUT2D eigenvalue weighted by Crippen LogP contribution is -2.54. The minimum Gasteiger partial charge on any atom is -0.507 e. The van der Waals surface area contributed by atoms with E-state index in [-0.39, 0.29) is 0 Å². The lowest BCUT2D eigenvalue weighted by atomic mass is 9.44. The minimum atomic E-state index is 0.354. The quantitative estimate of drug-likeness (QED) is 0.643. The van der Waals surface area contributed by atoms with Gasteiger partial charge in [-0.15, -0.1) is 0 Å². The Bertz CT molecular complexity index is 650. The van der Waals surface area contributed by atoms with Crippen LogP contribution in [-0.2, 0) is 5.41 Å². The zero-order valence-corrected chi connectivity index (χ0v) is 16.2. The predicted octanol–water partition coefficient (Wildman–Crippen LogP) is 6.28. The van der Waals surface area contributed by atoms with Crippen LogP contribution in [0.15, 0.2) is 12.1 Å². The van der Waals surface area contributed by atoms with Gasteiger partial charge in [-0.25, -0.2) is 0 Å². The van der Waals surface area contributed by atoms with Gasteiger partial charge >= 0.3 is 0 Å². The van der Waals surface area contributed by atoms with E-state index in [0.29, 0.717) is 22.0 Å². The molecule has 1 aromatic carbocycles. The highest BCUT2D eigenvalue weighted by Gasteiger charge is 2.60. The van der Waals surface area contributed by atoms with Crippen LogP contribution in [0, 0.1) is 36.5 Å². The van der Waals surface area contributed by atoms with E-state index in [1.54, 1.807) is 0 Å². The molecule has 3 aliphatic carbocycles. The molecule has 3 saturated carbocycles. The van der Waals surface area contributed by atoms with Crippen LogP contribution in [0.25, 0.3) is 0 Å². The van der Waals surface area contributed by atoms with Gasteiger partial charge in [-0.1, -0.05) is 39.3 Å². The number of phenolic OH excluding ortho intramolecular Hbond substituents is 1. The third-order valence-electron chi connectivity index (χ3n) is 8.22. The SMILES string of the molecule is Cc1cc([C@@]23CCC[C@@](C)(CC[C@@H]4[C@@H]2CC4(C)C)C3)cc(C)c1O. The molecule has 0 saturated heterocycles. The van der Waals surface area contributed by atoms with Gasteiger partial charge in [0, 0.05) is 0 Å². The fourth-order valence-electron chi connectivity index (χ4n) is 6.92. The van der Waals surface area contributed by atoms with Gasteiger partial charge in [0.25, 0.3) is 0 Å². The van der Waals surface area contributed by atoms with Crippen LogP contribution >= 0.6 is 0 Å². The van der Waals surface area contributed by atoms with Crippen molar-refractivity contribution in [3.8, 4) is 5.75 Å². The van der Waals surface area contributed by atoms with Gasteiger partial charge < -0.3 is 5.11 Å². The summed E-state index contributed by atoms with van der Waals surface area (Å²) in [4.78, 5) is 0. The largest absolute Gasteiger partial charge is 0.507 e. The minimum absolute atomic E-state index is 0.354. The van der Waals surface area contributed by atoms with Crippen LogP contribution in [0.4, 0.5) is 0 Å². The van der Waals surface area contributed by atoms with Crippen molar-refractivity contribution in [1.29, 1.82) is 0 Å². The Balaban J connectivity index is 1.86. The van der Waals surface area contributed by atoms with Crippen molar-refractivity contribution in [1.82, 2.24) is 0 Å². The molecule has 3 fully saturated rings. The van der Waals surface area contributed by atoms with Crippen molar-refractivity contribution in [2.24, 2.45) is 22.7 Å². The first kappa shape index (κ1) is 16.5. The summed E-state index contributed by atoms with van der Waals surface area (Å²) in [5.74, 6) is 2.22. The van der Waals surface area contributed by atoms with Gasteiger partial charge in [0.05, 0.1) is 0 Å². The normalized spacial score (nSPS) is 40.4. The van der Waals surface area contributed by atoms with Crippen molar-refractivity contribution in [2.45, 2.75) is 85.0 Å². The second kappa shape index (κ2) is 5.02. The molecule has 2 bridgehead atoms. The van der Waals surface area contributed by atoms with Gasteiger partial charge in [0.1, 0.15) is 5.75 Å². The van der Waals surface area contributed by atoms with Crippen LogP contribution < -0.4 is 0 Å². The lowest BCUT2D eigenvalue weighted by Gasteiger charge is -2.60. The van der Waals surface area contributed by atoms with E-state index in [4.69, 9.17) is 0 Å². The van der Waals surface area contributed by atoms with Gasteiger partial charge in [0.15, 0.2) is 0 Å². The van der Waals surface area contributed by atoms with Crippen molar-refractivity contribution < 1.29 is 5.11 Å². The molecule has 4 rings (SSSR count). The van der Waals surface area contributed by atoms with Crippen molar-refractivity contribution >= 4 is 0 Å². The zero-order valence-electron chi connectivity index (χ0n) is 16.2. The second-order valence-corrected chi connectivity index (χ2v) is 10.4. The highest BCUT2D eigenvalue weighted by Crippen LogP contribution is 2.68. The van der Waals surface area contributed by atoms with Crippen LogP contribution in [-0.4, -0.2) is 5.11 Å². The van der Waals surface area contributed by atoms with Crippen molar-refractivity contribution in [3.05, 3.63) is 28.8 Å². The van der Waals surface area contributed by atoms with Crippen LogP contribution in [0.3, 0.4) is 0 Å². The number of phenols is 1. The summed E-state index contributed by atoms with van der Waals surface area (Å²) in [6, 6.07) is 4.64. The highest BCUT2D eigenvalue weighted by molar-refractivity contribution is 5.46. The highest BCUT2D eigenvalue weighted by atomic mass is 16.3. The smallest absolute Gasteiger partial charge is 0.121 e. The third-order valence-corrected chi connectivity index (χ3v) is 8.22. The Kier molecular flexibility index (Phi) is 3.45. The molecule has 1 N–H and O–H groups in total. The predicted molar refractivity (Wildman–Crippen MR) is 100 cm³/mol.